The average molecular weight is 224 g/mol. The summed E-state index contributed by atoms with van der Waals surface area (Å²) in [7, 11) is 2.05. The van der Waals surface area contributed by atoms with Gasteiger partial charge in [0, 0.05) is 6.07 Å². The van der Waals surface area contributed by atoms with Gasteiger partial charge in [-0.1, -0.05) is 5.16 Å². The van der Waals surface area contributed by atoms with E-state index >= 15 is 0 Å². The third-order valence-electron chi connectivity index (χ3n) is 2.86. The number of carbonyl (C=O) groups is 1. The van der Waals surface area contributed by atoms with Crippen LogP contribution < -0.4 is 0 Å². The van der Waals surface area contributed by atoms with Crippen LogP contribution in [0.2, 0.25) is 0 Å². The number of rotatable bonds is 3. The zero-order valence-corrected chi connectivity index (χ0v) is 9.60. The van der Waals surface area contributed by atoms with E-state index < -0.39 is 5.97 Å². The molecule has 0 aromatic carbocycles. The van der Waals surface area contributed by atoms with E-state index in [2.05, 4.69) is 10.1 Å². The fourth-order valence-corrected chi connectivity index (χ4v) is 2.02. The molecule has 1 aliphatic rings. The molecular formula is C11H16N2O3. The van der Waals surface area contributed by atoms with Crippen molar-refractivity contribution in [3.8, 4) is 0 Å². The normalized spacial score (nSPS) is 21.2. The number of likely N-dealkylation sites (tertiary alicyclic amines) is 1. The maximum atomic E-state index is 11.4. The van der Waals surface area contributed by atoms with Crippen LogP contribution in [0, 0.1) is 0 Å². The molecule has 5 nitrogen and oxygen atoms in total. The standard InChI is InChI=1S/C11H16N2O3/c1-3-15-11(14)8-7-10(16-12-8)9-5-4-6-13(9)2/h7,9H,3-6H2,1-2H3/t9-/m1/s1. The second-order valence-electron chi connectivity index (χ2n) is 3.97. The molecule has 0 spiro atoms. The first-order valence-electron chi connectivity index (χ1n) is 5.56. The van der Waals surface area contributed by atoms with E-state index in [-0.39, 0.29) is 11.7 Å². The molecule has 1 aromatic rings. The summed E-state index contributed by atoms with van der Waals surface area (Å²) in [5, 5.41) is 3.74. The summed E-state index contributed by atoms with van der Waals surface area (Å²) in [6.07, 6.45) is 2.20. The lowest BCUT2D eigenvalue weighted by molar-refractivity contribution is 0.0514. The van der Waals surface area contributed by atoms with Gasteiger partial charge < -0.3 is 9.26 Å². The molecule has 0 unspecified atom stereocenters. The van der Waals surface area contributed by atoms with Gasteiger partial charge in [0.1, 0.15) is 0 Å². The highest BCUT2D eigenvalue weighted by Gasteiger charge is 2.27. The third kappa shape index (κ3) is 2.09. The van der Waals surface area contributed by atoms with Gasteiger partial charge in [-0.05, 0) is 33.4 Å². The predicted octanol–water partition coefficient (Wildman–Crippen LogP) is 1.62. The molecule has 1 fully saturated rings. The van der Waals surface area contributed by atoms with Crippen molar-refractivity contribution in [2.24, 2.45) is 0 Å². The van der Waals surface area contributed by atoms with Crippen molar-refractivity contribution in [3.63, 3.8) is 0 Å². The lowest BCUT2D eigenvalue weighted by Gasteiger charge is -2.15. The quantitative estimate of drug-likeness (QED) is 0.730. The molecule has 0 amide bonds. The molecule has 0 bridgehead atoms. The molecule has 88 valence electrons. The Morgan fingerprint density at radius 2 is 2.56 bits per heavy atom. The van der Waals surface area contributed by atoms with Gasteiger partial charge in [-0.25, -0.2) is 4.79 Å². The molecule has 0 saturated carbocycles. The van der Waals surface area contributed by atoms with Crippen molar-refractivity contribution in [3.05, 3.63) is 17.5 Å². The molecule has 0 aliphatic carbocycles. The van der Waals surface area contributed by atoms with Gasteiger partial charge in [-0.15, -0.1) is 0 Å². The van der Waals surface area contributed by atoms with E-state index in [1.807, 2.05) is 7.05 Å². The number of esters is 1. The molecule has 0 N–H and O–H groups in total. The van der Waals surface area contributed by atoms with Crippen LogP contribution in [-0.4, -0.2) is 36.2 Å². The van der Waals surface area contributed by atoms with E-state index in [1.54, 1.807) is 13.0 Å². The monoisotopic (exact) mass is 224 g/mol. The molecule has 1 aliphatic heterocycles. The van der Waals surface area contributed by atoms with Crippen LogP contribution in [0.4, 0.5) is 0 Å². The summed E-state index contributed by atoms with van der Waals surface area (Å²) in [6.45, 7) is 3.17. The van der Waals surface area contributed by atoms with E-state index in [0.717, 1.165) is 25.1 Å². The zero-order chi connectivity index (χ0) is 11.5. The first kappa shape index (κ1) is 11.1. The smallest absolute Gasteiger partial charge is 0.360 e. The Morgan fingerprint density at radius 1 is 1.75 bits per heavy atom. The highest BCUT2D eigenvalue weighted by molar-refractivity contribution is 5.87. The van der Waals surface area contributed by atoms with Crippen molar-refractivity contribution >= 4 is 5.97 Å². The number of hydrogen-bond acceptors (Lipinski definition) is 5. The van der Waals surface area contributed by atoms with Gasteiger partial charge in [0.05, 0.1) is 12.6 Å². The van der Waals surface area contributed by atoms with Gasteiger partial charge in [-0.3, -0.25) is 4.90 Å². The largest absolute Gasteiger partial charge is 0.461 e. The molecule has 0 radical (unpaired) electrons. The molecule has 1 aromatic heterocycles. The van der Waals surface area contributed by atoms with Crippen molar-refractivity contribution in [2.45, 2.75) is 25.8 Å². The molecule has 1 saturated heterocycles. The van der Waals surface area contributed by atoms with Crippen LogP contribution in [0.5, 0.6) is 0 Å². The molecule has 1 atom stereocenters. The van der Waals surface area contributed by atoms with Crippen LogP contribution in [0.25, 0.3) is 0 Å². The Kier molecular flexibility index (Phi) is 3.24. The Hall–Kier alpha value is -1.36. The van der Waals surface area contributed by atoms with Gasteiger partial charge in [-0.2, -0.15) is 0 Å². The van der Waals surface area contributed by atoms with E-state index in [1.165, 1.54) is 0 Å². The van der Waals surface area contributed by atoms with Crippen LogP contribution in [0.15, 0.2) is 10.6 Å². The first-order chi connectivity index (χ1) is 7.72. The van der Waals surface area contributed by atoms with Crippen LogP contribution in [0.1, 0.15) is 42.1 Å². The van der Waals surface area contributed by atoms with Crippen LogP contribution in [-0.2, 0) is 4.74 Å². The summed E-state index contributed by atoms with van der Waals surface area (Å²) >= 11 is 0. The van der Waals surface area contributed by atoms with Crippen LogP contribution >= 0.6 is 0 Å². The van der Waals surface area contributed by atoms with Gasteiger partial charge in [0.25, 0.3) is 0 Å². The van der Waals surface area contributed by atoms with Crippen LogP contribution in [0.3, 0.4) is 0 Å². The molecule has 5 heteroatoms. The minimum atomic E-state index is -0.418. The summed E-state index contributed by atoms with van der Waals surface area (Å²) in [6, 6.07) is 1.93. The van der Waals surface area contributed by atoms with Gasteiger partial charge in [0.15, 0.2) is 11.5 Å². The minimum absolute atomic E-state index is 0.246. The van der Waals surface area contributed by atoms with Gasteiger partial charge >= 0.3 is 5.97 Å². The Labute approximate surface area is 94.3 Å². The Morgan fingerprint density at radius 3 is 3.19 bits per heavy atom. The molecule has 2 heterocycles. The van der Waals surface area contributed by atoms with Crippen molar-refractivity contribution < 1.29 is 14.1 Å². The lowest BCUT2D eigenvalue weighted by Crippen LogP contribution is -2.16. The van der Waals surface area contributed by atoms with E-state index in [0.29, 0.717) is 6.61 Å². The zero-order valence-electron chi connectivity index (χ0n) is 9.60. The number of hydrogen-bond donors (Lipinski definition) is 0. The molecular weight excluding hydrogens is 208 g/mol. The van der Waals surface area contributed by atoms with E-state index in [4.69, 9.17) is 9.26 Å². The predicted molar refractivity (Wildman–Crippen MR) is 57.1 cm³/mol. The van der Waals surface area contributed by atoms with E-state index in [9.17, 15) is 4.79 Å². The maximum absolute atomic E-state index is 11.4. The summed E-state index contributed by atoms with van der Waals surface area (Å²) in [5.41, 5.74) is 0.261. The number of carbonyl (C=O) groups excluding carboxylic acids is 1. The highest BCUT2D eigenvalue weighted by Crippen LogP contribution is 2.30. The summed E-state index contributed by atoms with van der Waals surface area (Å²) < 4.78 is 10.0. The number of aromatic nitrogens is 1. The molecule has 2 rings (SSSR count). The van der Waals surface area contributed by atoms with Crippen molar-refractivity contribution in [1.82, 2.24) is 10.1 Å². The third-order valence-corrected chi connectivity index (χ3v) is 2.86. The summed E-state index contributed by atoms with van der Waals surface area (Å²) in [5.74, 6) is 0.334. The topological polar surface area (TPSA) is 55.6 Å². The lowest BCUT2D eigenvalue weighted by atomic mass is 10.1. The fraction of sp³-hybridized carbons (Fsp3) is 0.636. The Bertz CT molecular complexity index is 375. The second kappa shape index (κ2) is 4.65. The SMILES string of the molecule is CCOC(=O)c1cc([C@H]2CCCN2C)on1. The number of ether oxygens (including phenoxy) is 1. The number of nitrogens with zero attached hydrogens (tertiary/aromatic N) is 2. The second-order valence-corrected chi connectivity index (χ2v) is 3.97. The highest BCUT2D eigenvalue weighted by atomic mass is 16.5. The molecule has 16 heavy (non-hydrogen) atoms. The maximum Gasteiger partial charge on any atom is 0.360 e. The fourth-order valence-electron chi connectivity index (χ4n) is 2.02. The van der Waals surface area contributed by atoms with Crippen molar-refractivity contribution in [1.29, 1.82) is 0 Å². The van der Waals surface area contributed by atoms with Gasteiger partial charge in [0.2, 0.25) is 0 Å². The first-order valence-corrected chi connectivity index (χ1v) is 5.56. The minimum Gasteiger partial charge on any atom is -0.461 e. The average Bonchev–Trinajstić information content (AvgIpc) is 2.86. The van der Waals surface area contributed by atoms with Crippen molar-refractivity contribution in [2.75, 3.05) is 20.2 Å². The Balaban J connectivity index is 2.10. The summed E-state index contributed by atoms with van der Waals surface area (Å²) in [4.78, 5) is 13.6.